The van der Waals surface area contributed by atoms with Gasteiger partial charge in [0, 0.05) is 21.7 Å². The van der Waals surface area contributed by atoms with Crippen LogP contribution in [-0.4, -0.2) is 18.5 Å². The third-order valence-electron chi connectivity index (χ3n) is 2.72. The lowest BCUT2D eigenvalue weighted by Gasteiger charge is -2.10. The molecule has 2 N–H and O–H groups in total. The van der Waals surface area contributed by atoms with Crippen LogP contribution < -0.4 is 10.6 Å². The van der Waals surface area contributed by atoms with Gasteiger partial charge >= 0.3 is 0 Å². The van der Waals surface area contributed by atoms with Crippen molar-refractivity contribution in [2.45, 2.75) is 25.3 Å². The molecule has 0 radical (unpaired) electrons. The zero-order valence-electron chi connectivity index (χ0n) is 9.00. The van der Waals surface area contributed by atoms with Crippen molar-refractivity contribution in [3.63, 3.8) is 0 Å². The van der Waals surface area contributed by atoms with Crippen LogP contribution in [0.25, 0.3) is 0 Å². The van der Waals surface area contributed by atoms with Gasteiger partial charge < -0.3 is 10.6 Å². The maximum atomic E-state index is 11.7. The Morgan fingerprint density at radius 1 is 1.44 bits per heavy atom. The fourth-order valence-corrected chi connectivity index (χ4v) is 2.26. The van der Waals surface area contributed by atoms with Crippen molar-refractivity contribution in [2.24, 2.45) is 0 Å². The molecule has 4 heteroatoms. The standard InChI is InChI=1S/C12H15IN2O/c13-9-3-5-10(6-4-9)15-12(16)8-11-2-1-7-14-11/h3-6,11,14H,1-2,7-8H2,(H,15,16). The molecule has 0 spiro atoms. The van der Waals surface area contributed by atoms with Crippen LogP contribution in [0.1, 0.15) is 19.3 Å². The summed E-state index contributed by atoms with van der Waals surface area (Å²) in [4.78, 5) is 11.7. The monoisotopic (exact) mass is 330 g/mol. The van der Waals surface area contributed by atoms with E-state index in [-0.39, 0.29) is 5.91 Å². The molecule has 1 aromatic rings. The van der Waals surface area contributed by atoms with Gasteiger partial charge in [0.15, 0.2) is 0 Å². The Labute approximate surface area is 109 Å². The van der Waals surface area contributed by atoms with Crippen molar-refractivity contribution in [2.75, 3.05) is 11.9 Å². The molecule has 1 aliphatic heterocycles. The average molecular weight is 330 g/mol. The zero-order chi connectivity index (χ0) is 11.4. The van der Waals surface area contributed by atoms with Gasteiger partial charge in [-0.2, -0.15) is 0 Å². The Bertz CT molecular complexity index is 358. The minimum atomic E-state index is 0.0978. The Hall–Kier alpha value is -0.620. The van der Waals surface area contributed by atoms with Crippen molar-refractivity contribution in [3.8, 4) is 0 Å². The quantitative estimate of drug-likeness (QED) is 0.836. The third kappa shape index (κ3) is 3.45. The fourth-order valence-electron chi connectivity index (χ4n) is 1.90. The van der Waals surface area contributed by atoms with Gasteiger partial charge in [0.05, 0.1) is 0 Å². The molecule has 2 rings (SSSR count). The molecule has 1 aliphatic rings. The lowest BCUT2D eigenvalue weighted by atomic mass is 10.1. The predicted molar refractivity (Wildman–Crippen MR) is 73.4 cm³/mol. The van der Waals surface area contributed by atoms with E-state index in [9.17, 15) is 4.79 Å². The van der Waals surface area contributed by atoms with Crippen LogP contribution >= 0.6 is 22.6 Å². The van der Waals surface area contributed by atoms with Crippen LogP contribution in [0.4, 0.5) is 5.69 Å². The lowest BCUT2D eigenvalue weighted by Crippen LogP contribution is -2.27. The number of carbonyl (C=O) groups is 1. The summed E-state index contributed by atoms with van der Waals surface area (Å²) in [7, 11) is 0. The highest BCUT2D eigenvalue weighted by Crippen LogP contribution is 2.13. The Morgan fingerprint density at radius 2 is 2.19 bits per heavy atom. The van der Waals surface area contributed by atoms with Crippen molar-refractivity contribution in [1.82, 2.24) is 5.32 Å². The minimum absolute atomic E-state index is 0.0978. The first kappa shape index (κ1) is 11.9. The average Bonchev–Trinajstić information content (AvgIpc) is 2.74. The van der Waals surface area contributed by atoms with Gasteiger partial charge in [0.2, 0.25) is 5.91 Å². The van der Waals surface area contributed by atoms with E-state index in [1.54, 1.807) is 0 Å². The van der Waals surface area contributed by atoms with Crippen LogP contribution in [0.5, 0.6) is 0 Å². The molecule has 1 heterocycles. The van der Waals surface area contributed by atoms with Crippen molar-refractivity contribution < 1.29 is 4.79 Å². The van der Waals surface area contributed by atoms with E-state index in [0.29, 0.717) is 12.5 Å². The Morgan fingerprint density at radius 3 is 2.81 bits per heavy atom. The fraction of sp³-hybridized carbons (Fsp3) is 0.417. The summed E-state index contributed by atoms with van der Waals surface area (Å²) in [5, 5.41) is 6.23. The maximum Gasteiger partial charge on any atom is 0.225 e. The molecule has 1 unspecified atom stereocenters. The number of halogens is 1. The second kappa shape index (κ2) is 5.63. The third-order valence-corrected chi connectivity index (χ3v) is 3.44. The predicted octanol–water partition coefficient (Wildman–Crippen LogP) is 2.37. The summed E-state index contributed by atoms with van der Waals surface area (Å²) >= 11 is 2.25. The highest BCUT2D eigenvalue weighted by molar-refractivity contribution is 14.1. The topological polar surface area (TPSA) is 41.1 Å². The van der Waals surface area contributed by atoms with E-state index in [0.717, 1.165) is 18.7 Å². The first-order valence-electron chi connectivity index (χ1n) is 5.53. The number of hydrogen-bond donors (Lipinski definition) is 2. The van der Waals surface area contributed by atoms with Gasteiger partial charge in [-0.1, -0.05) is 0 Å². The molecular formula is C12H15IN2O. The Kier molecular flexibility index (Phi) is 4.17. The smallest absolute Gasteiger partial charge is 0.225 e. The minimum Gasteiger partial charge on any atom is -0.326 e. The van der Waals surface area contributed by atoms with Crippen LogP contribution in [0.3, 0.4) is 0 Å². The summed E-state index contributed by atoms with van der Waals surface area (Å²) < 4.78 is 1.17. The van der Waals surface area contributed by atoms with Gasteiger partial charge in [-0.05, 0) is 66.2 Å². The number of anilines is 1. The Balaban J connectivity index is 1.84. The molecule has 86 valence electrons. The van der Waals surface area contributed by atoms with Gasteiger partial charge in [-0.3, -0.25) is 4.79 Å². The SMILES string of the molecule is O=C(CC1CCCN1)Nc1ccc(I)cc1. The molecule has 0 aromatic heterocycles. The molecule has 1 fully saturated rings. The summed E-state index contributed by atoms with van der Waals surface area (Å²) in [5.74, 6) is 0.0978. The van der Waals surface area contributed by atoms with Gasteiger partial charge in [-0.15, -0.1) is 0 Å². The zero-order valence-corrected chi connectivity index (χ0v) is 11.2. The summed E-state index contributed by atoms with van der Waals surface area (Å²) in [6.45, 7) is 1.04. The van der Waals surface area contributed by atoms with Crippen molar-refractivity contribution in [1.29, 1.82) is 0 Å². The number of nitrogens with one attached hydrogen (secondary N) is 2. The van der Waals surface area contributed by atoms with E-state index < -0.39 is 0 Å². The number of rotatable bonds is 3. The molecule has 0 saturated carbocycles. The highest BCUT2D eigenvalue weighted by atomic mass is 127. The molecule has 1 aromatic carbocycles. The normalized spacial score (nSPS) is 19.7. The second-order valence-corrected chi connectivity index (χ2v) is 5.30. The molecule has 0 aliphatic carbocycles. The van der Waals surface area contributed by atoms with Crippen molar-refractivity contribution >= 4 is 34.2 Å². The van der Waals surface area contributed by atoms with E-state index in [1.807, 2.05) is 24.3 Å². The summed E-state index contributed by atoms with van der Waals surface area (Å²) in [5.41, 5.74) is 0.878. The van der Waals surface area contributed by atoms with E-state index in [1.165, 1.54) is 9.99 Å². The van der Waals surface area contributed by atoms with Gasteiger partial charge in [0.1, 0.15) is 0 Å². The highest BCUT2D eigenvalue weighted by Gasteiger charge is 2.17. The summed E-state index contributed by atoms with van der Waals surface area (Å²) in [6.07, 6.45) is 2.87. The molecular weight excluding hydrogens is 315 g/mol. The van der Waals surface area contributed by atoms with Crippen molar-refractivity contribution in [3.05, 3.63) is 27.8 Å². The van der Waals surface area contributed by atoms with Crippen LogP contribution in [0.2, 0.25) is 0 Å². The summed E-state index contributed by atoms with van der Waals surface area (Å²) in [6, 6.07) is 8.21. The second-order valence-electron chi connectivity index (χ2n) is 4.05. The lowest BCUT2D eigenvalue weighted by molar-refractivity contribution is -0.116. The molecule has 0 bridgehead atoms. The molecule has 1 saturated heterocycles. The van der Waals surface area contributed by atoms with Gasteiger partial charge in [0.25, 0.3) is 0 Å². The van der Waals surface area contributed by atoms with E-state index in [2.05, 4.69) is 33.2 Å². The maximum absolute atomic E-state index is 11.7. The molecule has 3 nitrogen and oxygen atoms in total. The number of carbonyl (C=O) groups excluding carboxylic acids is 1. The first-order valence-corrected chi connectivity index (χ1v) is 6.61. The molecule has 1 amide bonds. The van der Waals surface area contributed by atoms with Crippen LogP contribution in [0, 0.1) is 3.57 Å². The first-order chi connectivity index (χ1) is 7.74. The largest absolute Gasteiger partial charge is 0.326 e. The van der Waals surface area contributed by atoms with E-state index >= 15 is 0 Å². The molecule has 1 atom stereocenters. The van der Waals surface area contributed by atoms with Crippen LogP contribution in [-0.2, 0) is 4.79 Å². The van der Waals surface area contributed by atoms with E-state index in [4.69, 9.17) is 0 Å². The van der Waals surface area contributed by atoms with Crippen LogP contribution in [0.15, 0.2) is 24.3 Å². The number of amides is 1. The number of hydrogen-bond acceptors (Lipinski definition) is 2. The molecule has 16 heavy (non-hydrogen) atoms. The van der Waals surface area contributed by atoms with Gasteiger partial charge in [-0.25, -0.2) is 0 Å². The number of benzene rings is 1.